The third-order valence-electron chi connectivity index (χ3n) is 3.52. The topological polar surface area (TPSA) is 78.9 Å². The number of nitrogens with zero attached hydrogens (tertiary/aromatic N) is 1. The van der Waals surface area contributed by atoms with E-state index in [-0.39, 0.29) is 12.1 Å². The summed E-state index contributed by atoms with van der Waals surface area (Å²) in [6.45, 7) is 0.749. The molecule has 1 aliphatic heterocycles. The lowest BCUT2D eigenvalue weighted by molar-refractivity contribution is -0.148. The lowest BCUT2D eigenvalue weighted by atomic mass is 9.90. The second-order valence-corrected chi connectivity index (χ2v) is 4.77. The molecule has 0 spiro atoms. The number of hydrogen-bond acceptors (Lipinski definition) is 3. The first-order chi connectivity index (χ1) is 8.05. The molecule has 1 heterocycles. The second-order valence-electron chi connectivity index (χ2n) is 4.77. The van der Waals surface area contributed by atoms with E-state index in [4.69, 9.17) is 4.74 Å². The maximum atomic E-state index is 11.9. The molecule has 6 nitrogen and oxygen atoms in total. The van der Waals surface area contributed by atoms with Crippen molar-refractivity contribution in [2.75, 3.05) is 20.3 Å². The zero-order chi connectivity index (χ0) is 12.5. The predicted molar refractivity (Wildman–Crippen MR) is 59.7 cm³/mol. The summed E-state index contributed by atoms with van der Waals surface area (Å²) < 4.78 is 5.15. The zero-order valence-electron chi connectivity index (χ0n) is 9.94. The van der Waals surface area contributed by atoms with E-state index < -0.39 is 11.5 Å². The number of aliphatic carboxylic acids is 1. The molecule has 2 amide bonds. The van der Waals surface area contributed by atoms with Gasteiger partial charge in [0.2, 0.25) is 0 Å². The van der Waals surface area contributed by atoms with Crippen molar-refractivity contribution in [3.63, 3.8) is 0 Å². The molecule has 0 atom stereocenters. The molecule has 1 saturated carbocycles. The number of rotatable bonds is 3. The monoisotopic (exact) mass is 242 g/mol. The van der Waals surface area contributed by atoms with E-state index in [0.717, 1.165) is 12.8 Å². The number of hydrogen-bond donors (Lipinski definition) is 2. The highest BCUT2D eigenvalue weighted by Crippen LogP contribution is 2.27. The van der Waals surface area contributed by atoms with E-state index in [1.807, 2.05) is 0 Å². The van der Waals surface area contributed by atoms with Gasteiger partial charge in [0.15, 0.2) is 0 Å². The van der Waals surface area contributed by atoms with Gasteiger partial charge >= 0.3 is 12.0 Å². The molecule has 2 fully saturated rings. The van der Waals surface area contributed by atoms with Crippen LogP contribution in [0.4, 0.5) is 4.79 Å². The molecule has 0 aromatic heterocycles. The van der Waals surface area contributed by atoms with Gasteiger partial charge in [-0.3, -0.25) is 0 Å². The Bertz CT molecular complexity index is 321. The maximum Gasteiger partial charge on any atom is 0.329 e. The Morgan fingerprint density at radius 1 is 1.35 bits per heavy atom. The van der Waals surface area contributed by atoms with Crippen molar-refractivity contribution in [2.24, 2.45) is 0 Å². The Hall–Kier alpha value is -1.30. The Morgan fingerprint density at radius 3 is 2.41 bits per heavy atom. The van der Waals surface area contributed by atoms with Crippen molar-refractivity contribution >= 4 is 12.0 Å². The molecule has 96 valence electrons. The SMILES string of the molecule is CN(C(=O)NC1(C(=O)O)CCOCC1)C1CC1. The van der Waals surface area contributed by atoms with Crippen molar-refractivity contribution < 1.29 is 19.4 Å². The number of nitrogens with one attached hydrogen (secondary N) is 1. The van der Waals surface area contributed by atoms with Crippen LogP contribution in [0.15, 0.2) is 0 Å². The summed E-state index contributed by atoms with van der Waals surface area (Å²) >= 11 is 0. The molecule has 1 aliphatic carbocycles. The van der Waals surface area contributed by atoms with E-state index in [2.05, 4.69) is 5.32 Å². The Labute approximate surface area is 99.9 Å². The van der Waals surface area contributed by atoms with E-state index in [1.54, 1.807) is 11.9 Å². The van der Waals surface area contributed by atoms with Gasteiger partial charge in [-0.15, -0.1) is 0 Å². The van der Waals surface area contributed by atoms with Crippen LogP contribution in [-0.4, -0.2) is 53.8 Å². The van der Waals surface area contributed by atoms with Crippen molar-refractivity contribution in [2.45, 2.75) is 37.3 Å². The largest absolute Gasteiger partial charge is 0.480 e. The summed E-state index contributed by atoms with van der Waals surface area (Å²) in [5, 5.41) is 11.9. The molecule has 2 rings (SSSR count). The number of carboxylic acids is 1. The minimum absolute atomic E-state index is 0.278. The van der Waals surface area contributed by atoms with Crippen LogP contribution in [0.3, 0.4) is 0 Å². The normalized spacial score (nSPS) is 22.9. The predicted octanol–water partition coefficient (Wildman–Crippen LogP) is 0.424. The van der Waals surface area contributed by atoms with Crippen molar-refractivity contribution in [3.8, 4) is 0 Å². The molecule has 1 saturated heterocycles. The first-order valence-corrected chi connectivity index (χ1v) is 5.91. The third kappa shape index (κ3) is 2.52. The van der Waals surface area contributed by atoms with E-state index in [0.29, 0.717) is 26.1 Å². The van der Waals surface area contributed by atoms with E-state index >= 15 is 0 Å². The Morgan fingerprint density at radius 2 is 1.94 bits per heavy atom. The quantitative estimate of drug-likeness (QED) is 0.752. The lowest BCUT2D eigenvalue weighted by Crippen LogP contribution is -2.60. The lowest BCUT2D eigenvalue weighted by Gasteiger charge is -2.35. The van der Waals surface area contributed by atoms with Gasteiger partial charge in [-0.05, 0) is 12.8 Å². The summed E-state index contributed by atoms with van der Waals surface area (Å²) in [5.74, 6) is -0.974. The van der Waals surface area contributed by atoms with Gasteiger partial charge in [0.25, 0.3) is 0 Å². The first-order valence-electron chi connectivity index (χ1n) is 5.91. The molecule has 2 aliphatic rings. The smallest absolute Gasteiger partial charge is 0.329 e. The van der Waals surface area contributed by atoms with Gasteiger partial charge in [-0.25, -0.2) is 9.59 Å². The number of ether oxygens (including phenoxy) is 1. The van der Waals surface area contributed by atoms with Crippen LogP contribution in [0.2, 0.25) is 0 Å². The fraction of sp³-hybridized carbons (Fsp3) is 0.818. The summed E-state index contributed by atoms with van der Waals surface area (Å²) in [4.78, 5) is 24.8. The van der Waals surface area contributed by atoms with E-state index in [1.165, 1.54) is 0 Å². The highest BCUT2D eigenvalue weighted by atomic mass is 16.5. The van der Waals surface area contributed by atoms with Gasteiger partial charge in [-0.1, -0.05) is 0 Å². The fourth-order valence-corrected chi connectivity index (χ4v) is 2.03. The van der Waals surface area contributed by atoms with Crippen LogP contribution < -0.4 is 5.32 Å². The minimum atomic E-state index is -1.15. The van der Waals surface area contributed by atoms with E-state index in [9.17, 15) is 14.7 Å². The van der Waals surface area contributed by atoms with Crippen LogP contribution in [0, 0.1) is 0 Å². The Balaban J connectivity index is 2.01. The van der Waals surface area contributed by atoms with Gasteiger partial charge in [-0.2, -0.15) is 0 Å². The van der Waals surface area contributed by atoms with Crippen molar-refractivity contribution in [1.82, 2.24) is 10.2 Å². The molecule has 0 bridgehead atoms. The van der Waals surface area contributed by atoms with Crippen LogP contribution in [0.25, 0.3) is 0 Å². The number of carboxylic acid groups (broad SMARTS) is 1. The third-order valence-corrected chi connectivity index (χ3v) is 3.52. The minimum Gasteiger partial charge on any atom is -0.480 e. The molecule has 6 heteroatoms. The average Bonchev–Trinajstić information content (AvgIpc) is 3.13. The number of amides is 2. The fourth-order valence-electron chi connectivity index (χ4n) is 2.03. The van der Waals surface area contributed by atoms with Crippen molar-refractivity contribution in [1.29, 1.82) is 0 Å². The van der Waals surface area contributed by atoms with Gasteiger partial charge in [0, 0.05) is 39.1 Å². The van der Waals surface area contributed by atoms with Crippen LogP contribution >= 0.6 is 0 Å². The van der Waals surface area contributed by atoms with Gasteiger partial charge < -0.3 is 20.1 Å². The highest BCUT2D eigenvalue weighted by molar-refractivity contribution is 5.86. The highest BCUT2D eigenvalue weighted by Gasteiger charge is 2.43. The first kappa shape index (κ1) is 12.2. The molecule has 17 heavy (non-hydrogen) atoms. The summed E-state index contributed by atoms with van der Waals surface area (Å²) in [7, 11) is 1.71. The molecular weight excluding hydrogens is 224 g/mol. The van der Waals surface area contributed by atoms with Crippen LogP contribution in [-0.2, 0) is 9.53 Å². The summed E-state index contributed by atoms with van der Waals surface area (Å²) in [6, 6.07) is -0.0162. The average molecular weight is 242 g/mol. The maximum absolute atomic E-state index is 11.9. The standard InChI is InChI=1S/C11H18N2O4/c1-13(8-2-3-8)10(16)12-11(9(14)15)4-6-17-7-5-11/h8H,2-7H2,1H3,(H,12,16)(H,14,15). The molecule has 0 aromatic rings. The van der Waals surface area contributed by atoms with Crippen molar-refractivity contribution in [3.05, 3.63) is 0 Å². The second kappa shape index (κ2) is 4.52. The summed E-state index contributed by atoms with van der Waals surface area (Å²) in [5.41, 5.74) is -1.15. The Kier molecular flexibility index (Phi) is 3.24. The number of urea groups is 1. The van der Waals surface area contributed by atoms with Crippen LogP contribution in [0.5, 0.6) is 0 Å². The van der Waals surface area contributed by atoms with Gasteiger partial charge in [0.1, 0.15) is 5.54 Å². The molecule has 0 unspecified atom stereocenters. The molecule has 0 aromatic carbocycles. The molecular formula is C11H18N2O4. The number of carbonyl (C=O) groups excluding carboxylic acids is 1. The molecule has 0 radical (unpaired) electrons. The van der Waals surface area contributed by atoms with Gasteiger partial charge in [0.05, 0.1) is 0 Å². The summed E-state index contributed by atoms with van der Waals surface area (Å²) in [6.07, 6.45) is 2.67. The van der Waals surface area contributed by atoms with Crippen LogP contribution in [0.1, 0.15) is 25.7 Å². The molecule has 2 N–H and O–H groups in total. The number of carbonyl (C=O) groups is 2. The zero-order valence-corrected chi connectivity index (χ0v) is 9.94.